The Morgan fingerprint density at radius 1 is 1.16 bits per heavy atom. The summed E-state index contributed by atoms with van der Waals surface area (Å²) in [7, 11) is -5.91. The number of carbonyl (C=O) groups excluding carboxylic acids is 1. The largest absolute Gasteiger partial charge is 0.495 e. The number of sulfonamides is 2. The van der Waals surface area contributed by atoms with Crippen molar-refractivity contribution in [3.63, 3.8) is 0 Å². The van der Waals surface area contributed by atoms with E-state index in [1.54, 1.807) is 38.1 Å². The number of fused-ring (bicyclic) bond motifs is 1. The van der Waals surface area contributed by atoms with E-state index in [1.165, 1.54) is 25.3 Å². The Morgan fingerprint density at radius 3 is 2.47 bits per heavy atom. The molecular weight excluding hydrogens is 456 g/mol. The molecular formula is C20H24N4O6S2. The molecule has 0 fully saturated rings. The highest BCUT2D eigenvalue weighted by Gasteiger charge is 2.32. The molecule has 172 valence electrons. The number of ether oxygens (including phenoxy) is 1. The van der Waals surface area contributed by atoms with Crippen molar-refractivity contribution in [2.24, 2.45) is 10.9 Å². The van der Waals surface area contributed by atoms with Crippen LogP contribution in [0.5, 0.6) is 5.75 Å². The van der Waals surface area contributed by atoms with Crippen molar-refractivity contribution in [2.45, 2.75) is 24.8 Å². The molecule has 0 aromatic heterocycles. The maximum Gasteiger partial charge on any atom is 0.263 e. The van der Waals surface area contributed by atoms with E-state index in [-0.39, 0.29) is 28.1 Å². The Morgan fingerprint density at radius 2 is 1.84 bits per heavy atom. The number of amides is 1. The summed E-state index contributed by atoms with van der Waals surface area (Å²) < 4.78 is 57.8. The summed E-state index contributed by atoms with van der Waals surface area (Å²) >= 11 is 0. The van der Waals surface area contributed by atoms with Gasteiger partial charge in [0.25, 0.3) is 10.0 Å². The highest BCUT2D eigenvalue weighted by Crippen LogP contribution is 2.29. The number of hydrogen-bond acceptors (Lipinski definition) is 7. The summed E-state index contributed by atoms with van der Waals surface area (Å²) in [5.41, 5.74) is 0.882. The van der Waals surface area contributed by atoms with Crippen LogP contribution in [0.1, 0.15) is 19.4 Å². The second-order valence-electron chi connectivity index (χ2n) is 7.55. The van der Waals surface area contributed by atoms with Gasteiger partial charge in [-0.2, -0.15) is 0 Å². The smallest absolute Gasteiger partial charge is 0.263 e. The van der Waals surface area contributed by atoms with Gasteiger partial charge in [0, 0.05) is 11.3 Å². The molecule has 1 heterocycles. The molecule has 32 heavy (non-hydrogen) atoms. The van der Waals surface area contributed by atoms with Crippen molar-refractivity contribution in [1.29, 1.82) is 0 Å². The van der Waals surface area contributed by atoms with Crippen molar-refractivity contribution < 1.29 is 26.4 Å². The minimum atomic E-state index is -3.73. The SMILES string of the molecule is COc1ccc(NC(=O)[C@@H](N=C2NS(=O)(=O)c3ccccc32)C(C)C)cc1NS(C)(=O)=O. The normalized spacial score (nSPS) is 16.8. The predicted octanol–water partition coefficient (Wildman–Crippen LogP) is 1.77. The third-order valence-corrected chi connectivity index (χ3v) is 6.58. The summed E-state index contributed by atoms with van der Waals surface area (Å²) in [5.74, 6) is -0.354. The summed E-state index contributed by atoms with van der Waals surface area (Å²) in [6.45, 7) is 3.57. The van der Waals surface area contributed by atoms with Gasteiger partial charge in [0.15, 0.2) is 0 Å². The maximum atomic E-state index is 13.0. The Bertz CT molecular complexity index is 1290. The summed E-state index contributed by atoms with van der Waals surface area (Å²) in [6, 6.07) is 9.98. The van der Waals surface area contributed by atoms with Crippen LogP contribution in [0.25, 0.3) is 0 Å². The van der Waals surface area contributed by atoms with E-state index < -0.39 is 32.0 Å². The van der Waals surface area contributed by atoms with Gasteiger partial charge < -0.3 is 10.1 Å². The zero-order valence-electron chi connectivity index (χ0n) is 17.9. The Hall–Kier alpha value is -3.12. The van der Waals surface area contributed by atoms with E-state index in [9.17, 15) is 21.6 Å². The van der Waals surface area contributed by atoms with Gasteiger partial charge in [-0.1, -0.05) is 26.0 Å². The van der Waals surface area contributed by atoms with Crippen molar-refractivity contribution in [1.82, 2.24) is 4.72 Å². The molecule has 0 unspecified atom stereocenters. The number of rotatable bonds is 7. The molecule has 3 N–H and O–H groups in total. The molecule has 1 aliphatic heterocycles. The minimum Gasteiger partial charge on any atom is -0.495 e. The van der Waals surface area contributed by atoms with Gasteiger partial charge >= 0.3 is 0 Å². The van der Waals surface area contributed by atoms with Gasteiger partial charge in [-0.3, -0.25) is 19.2 Å². The van der Waals surface area contributed by atoms with Gasteiger partial charge in [0.1, 0.15) is 17.6 Å². The second-order valence-corrected chi connectivity index (χ2v) is 10.9. The fraction of sp³-hybridized carbons (Fsp3) is 0.300. The third kappa shape index (κ3) is 5.19. The van der Waals surface area contributed by atoms with Crippen molar-refractivity contribution in [2.75, 3.05) is 23.4 Å². The predicted molar refractivity (Wildman–Crippen MR) is 122 cm³/mol. The first-order chi connectivity index (χ1) is 14.9. The van der Waals surface area contributed by atoms with E-state index in [0.717, 1.165) is 6.26 Å². The highest BCUT2D eigenvalue weighted by atomic mass is 32.2. The number of nitrogens with one attached hydrogen (secondary N) is 3. The number of anilines is 2. The van der Waals surface area contributed by atoms with Crippen LogP contribution in [0.3, 0.4) is 0 Å². The van der Waals surface area contributed by atoms with Gasteiger partial charge in [-0.15, -0.1) is 0 Å². The molecule has 10 nitrogen and oxygen atoms in total. The minimum absolute atomic E-state index is 0.101. The highest BCUT2D eigenvalue weighted by molar-refractivity contribution is 7.92. The molecule has 0 aliphatic carbocycles. The topological polar surface area (TPSA) is 143 Å². The number of carbonyl (C=O) groups is 1. The van der Waals surface area contributed by atoms with E-state index in [4.69, 9.17) is 4.74 Å². The van der Waals surface area contributed by atoms with E-state index in [1.807, 2.05) is 0 Å². The molecule has 3 rings (SSSR count). The van der Waals surface area contributed by atoms with Crippen molar-refractivity contribution >= 4 is 43.2 Å². The lowest BCUT2D eigenvalue weighted by Gasteiger charge is -2.18. The Balaban J connectivity index is 1.91. The molecule has 12 heteroatoms. The quantitative estimate of drug-likeness (QED) is 0.551. The van der Waals surface area contributed by atoms with Crippen LogP contribution < -0.4 is 19.5 Å². The molecule has 1 amide bonds. The Kier molecular flexibility index (Phi) is 6.46. The third-order valence-electron chi connectivity index (χ3n) is 4.59. The number of aliphatic imine (C=N–C) groups is 1. The number of hydrogen-bond donors (Lipinski definition) is 3. The first-order valence-electron chi connectivity index (χ1n) is 9.58. The van der Waals surface area contributed by atoms with E-state index in [0.29, 0.717) is 11.3 Å². The molecule has 1 atom stereocenters. The van der Waals surface area contributed by atoms with E-state index >= 15 is 0 Å². The zero-order valence-corrected chi connectivity index (χ0v) is 19.5. The van der Waals surface area contributed by atoms with Crippen molar-refractivity contribution in [3.8, 4) is 5.75 Å². The lowest BCUT2D eigenvalue weighted by molar-refractivity contribution is -0.118. The van der Waals surface area contributed by atoms with Gasteiger partial charge in [-0.25, -0.2) is 16.8 Å². The molecule has 0 saturated carbocycles. The second kappa shape index (κ2) is 8.79. The summed E-state index contributed by atoms with van der Waals surface area (Å²) in [4.78, 5) is 17.5. The van der Waals surface area contributed by atoms with Gasteiger partial charge in [-0.05, 0) is 36.2 Å². The number of nitrogens with zero attached hydrogens (tertiary/aromatic N) is 1. The number of amidine groups is 1. The summed E-state index contributed by atoms with van der Waals surface area (Å²) in [6.07, 6.45) is 1.00. The molecule has 0 spiro atoms. The standard InChI is InChI=1S/C20H24N4O6S2/c1-12(2)18(22-19-14-7-5-6-8-17(14)32(28,29)24-19)20(25)21-13-9-10-16(30-3)15(11-13)23-31(4,26)27/h5-12,18,23H,1-4H3,(H,21,25)(H,22,24)/t18-/m0/s1. The monoisotopic (exact) mass is 480 g/mol. The zero-order chi connectivity index (χ0) is 23.7. The summed E-state index contributed by atoms with van der Waals surface area (Å²) in [5, 5.41) is 2.71. The number of methoxy groups -OCH3 is 1. The average Bonchev–Trinajstić information content (AvgIpc) is 2.95. The van der Waals surface area contributed by atoms with E-state index in [2.05, 4.69) is 19.8 Å². The Labute approximate surface area is 187 Å². The fourth-order valence-electron chi connectivity index (χ4n) is 3.16. The van der Waals surface area contributed by atoms with Crippen LogP contribution in [0, 0.1) is 5.92 Å². The average molecular weight is 481 g/mol. The molecule has 0 radical (unpaired) electrons. The molecule has 2 aromatic carbocycles. The fourth-order valence-corrected chi connectivity index (χ4v) is 4.96. The molecule has 0 bridgehead atoms. The molecule has 2 aromatic rings. The first kappa shape index (κ1) is 23.5. The van der Waals surface area contributed by atoms with Gasteiger partial charge in [0.2, 0.25) is 15.9 Å². The van der Waals surface area contributed by atoms with Crippen molar-refractivity contribution in [3.05, 3.63) is 48.0 Å². The van der Waals surface area contributed by atoms with Gasteiger partial charge in [0.05, 0.1) is 23.9 Å². The lowest BCUT2D eigenvalue weighted by atomic mass is 10.0. The van der Waals surface area contributed by atoms with Crippen LogP contribution in [0.15, 0.2) is 52.4 Å². The lowest BCUT2D eigenvalue weighted by Crippen LogP contribution is -2.34. The maximum absolute atomic E-state index is 13.0. The first-order valence-corrected chi connectivity index (χ1v) is 13.0. The number of benzene rings is 2. The molecule has 1 aliphatic rings. The van der Waals surface area contributed by atoms with Crippen LogP contribution in [0.2, 0.25) is 0 Å². The van der Waals surface area contributed by atoms with Crippen LogP contribution in [-0.2, 0) is 24.8 Å². The van der Waals surface area contributed by atoms with Crippen LogP contribution in [-0.4, -0.2) is 48.0 Å². The molecule has 0 saturated heterocycles. The van der Waals surface area contributed by atoms with Crippen LogP contribution >= 0.6 is 0 Å². The van der Waals surface area contributed by atoms with Crippen LogP contribution in [0.4, 0.5) is 11.4 Å².